The second-order valence-electron chi connectivity index (χ2n) is 8.10. The quantitative estimate of drug-likeness (QED) is 0.696. The van der Waals surface area contributed by atoms with Gasteiger partial charge >= 0.3 is 0 Å². The number of nitrogens with zero attached hydrogens (tertiary/aromatic N) is 2. The van der Waals surface area contributed by atoms with Crippen molar-refractivity contribution in [3.05, 3.63) is 77.4 Å². The molecule has 5 nitrogen and oxygen atoms in total. The number of ketones is 1. The van der Waals surface area contributed by atoms with Gasteiger partial charge in [-0.1, -0.05) is 53.6 Å². The van der Waals surface area contributed by atoms with Crippen LogP contribution in [0.4, 0.5) is 0 Å². The molecule has 6 heteroatoms. The van der Waals surface area contributed by atoms with E-state index in [4.69, 9.17) is 4.99 Å². The Hall–Kier alpha value is -2.73. The van der Waals surface area contributed by atoms with Crippen LogP contribution in [0.2, 0.25) is 0 Å². The summed E-state index contributed by atoms with van der Waals surface area (Å²) < 4.78 is 28.6. The highest BCUT2D eigenvalue weighted by Gasteiger charge is 2.51. The van der Waals surface area contributed by atoms with Crippen molar-refractivity contribution >= 4 is 21.6 Å². The molecule has 152 valence electrons. The number of sulfonamides is 1. The summed E-state index contributed by atoms with van der Waals surface area (Å²) in [6, 6.07) is 14.8. The Morgan fingerprint density at radius 2 is 1.62 bits per heavy atom. The molecule has 2 aromatic rings. The highest BCUT2D eigenvalue weighted by Crippen LogP contribution is 2.36. The number of aliphatic imine (C=N–C) groups is 1. The van der Waals surface area contributed by atoms with Gasteiger partial charge in [0.05, 0.1) is 10.4 Å². The number of aryl methyl sites for hydroxylation is 1. The lowest BCUT2D eigenvalue weighted by Gasteiger charge is -2.31. The Bertz CT molecular complexity index is 1080. The number of carbonyl (C=O) groups excluding carboxylic acids is 1. The second kappa shape index (κ2) is 7.59. The molecule has 1 heterocycles. The largest absolute Gasteiger partial charge is 0.292 e. The van der Waals surface area contributed by atoms with Gasteiger partial charge in [-0.25, -0.2) is 12.7 Å². The van der Waals surface area contributed by atoms with Gasteiger partial charge in [0.15, 0.2) is 5.78 Å². The summed E-state index contributed by atoms with van der Waals surface area (Å²) in [5.41, 5.74) is 1.52. The van der Waals surface area contributed by atoms with Gasteiger partial charge in [0.1, 0.15) is 11.9 Å². The predicted molar refractivity (Wildman–Crippen MR) is 115 cm³/mol. The van der Waals surface area contributed by atoms with Gasteiger partial charge in [-0.2, -0.15) is 0 Å². The molecule has 1 unspecified atom stereocenters. The maximum Gasteiger partial charge on any atom is 0.266 e. The van der Waals surface area contributed by atoms with Crippen LogP contribution in [0.5, 0.6) is 0 Å². The van der Waals surface area contributed by atoms with Gasteiger partial charge in [0.25, 0.3) is 10.0 Å². The monoisotopic (exact) mass is 410 g/mol. The van der Waals surface area contributed by atoms with E-state index in [2.05, 4.69) is 0 Å². The van der Waals surface area contributed by atoms with E-state index >= 15 is 0 Å². The highest BCUT2D eigenvalue weighted by molar-refractivity contribution is 7.89. The molecule has 1 aliphatic rings. The fourth-order valence-corrected chi connectivity index (χ4v) is 5.20. The summed E-state index contributed by atoms with van der Waals surface area (Å²) in [7, 11) is -4.00. The summed E-state index contributed by atoms with van der Waals surface area (Å²) in [6.45, 7) is 9.12. The first kappa shape index (κ1) is 21.0. The Labute approximate surface area is 172 Å². The molecule has 0 saturated carbocycles. The molecule has 0 bridgehead atoms. The van der Waals surface area contributed by atoms with Gasteiger partial charge in [-0.3, -0.25) is 9.79 Å². The van der Waals surface area contributed by atoms with Crippen LogP contribution < -0.4 is 0 Å². The first-order chi connectivity index (χ1) is 13.5. The maximum absolute atomic E-state index is 13.7. The molecule has 1 atom stereocenters. The molecule has 0 radical (unpaired) electrons. The Kier molecular flexibility index (Phi) is 5.50. The molecule has 0 aromatic heterocycles. The Morgan fingerprint density at radius 1 is 1.03 bits per heavy atom. The van der Waals surface area contributed by atoms with E-state index in [1.165, 1.54) is 10.4 Å². The summed E-state index contributed by atoms with van der Waals surface area (Å²) >= 11 is 0. The van der Waals surface area contributed by atoms with E-state index in [0.29, 0.717) is 5.56 Å². The fraction of sp³-hybridized carbons (Fsp3) is 0.304. The van der Waals surface area contributed by atoms with Crippen molar-refractivity contribution in [1.29, 1.82) is 0 Å². The topological polar surface area (TPSA) is 66.8 Å². The van der Waals surface area contributed by atoms with Crippen LogP contribution in [-0.2, 0) is 14.8 Å². The zero-order valence-corrected chi connectivity index (χ0v) is 18.2. The molecule has 0 spiro atoms. The van der Waals surface area contributed by atoms with Crippen LogP contribution in [0, 0.1) is 6.92 Å². The lowest BCUT2D eigenvalue weighted by molar-refractivity contribution is -0.118. The van der Waals surface area contributed by atoms with Gasteiger partial charge in [0.2, 0.25) is 0 Å². The third-order valence-electron chi connectivity index (χ3n) is 4.82. The minimum Gasteiger partial charge on any atom is -0.292 e. The molecule has 0 amide bonds. The molecule has 1 aliphatic heterocycles. The molecule has 29 heavy (non-hydrogen) atoms. The third kappa shape index (κ3) is 4.03. The van der Waals surface area contributed by atoms with Crippen LogP contribution in [0.25, 0.3) is 0 Å². The van der Waals surface area contributed by atoms with E-state index in [1.54, 1.807) is 50.2 Å². The minimum absolute atomic E-state index is 0.138. The average Bonchev–Trinajstić information content (AvgIpc) is 2.94. The maximum atomic E-state index is 13.7. The van der Waals surface area contributed by atoms with Crippen LogP contribution in [0.3, 0.4) is 0 Å². The number of carbonyl (C=O) groups is 1. The average molecular weight is 411 g/mol. The number of rotatable bonds is 5. The van der Waals surface area contributed by atoms with E-state index in [9.17, 15) is 13.2 Å². The van der Waals surface area contributed by atoms with Crippen molar-refractivity contribution < 1.29 is 13.2 Å². The van der Waals surface area contributed by atoms with Crippen LogP contribution in [0.15, 0.2) is 76.1 Å². The van der Waals surface area contributed by atoms with Crippen molar-refractivity contribution in [2.24, 2.45) is 4.99 Å². The van der Waals surface area contributed by atoms with E-state index in [-0.39, 0.29) is 16.5 Å². The zero-order chi connectivity index (χ0) is 21.4. The summed E-state index contributed by atoms with van der Waals surface area (Å²) in [4.78, 5) is 18.0. The molecule has 0 aliphatic carbocycles. The number of hydrogen-bond donors (Lipinski definition) is 0. The van der Waals surface area contributed by atoms with Crippen LogP contribution in [-0.4, -0.2) is 35.9 Å². The number of amidine groups is 1. The van der Waals surface area contributed by atoms with Crippen LogP contribution in [0.1, 0.15) is 38.8 Å². The number of allylic oxidation sites excluding steroid dienone is 1. The first-order valence-corrected chi connectivity index (χ1v) is 10.9. The predicted octanol–water partition coefficient (Wildman–Crippen LogP) is 4.13. The van der Waals surface area contributed by atoms with Crippen molar-refractivity contribution in [3.63, 3.8) is 0 Å². The van der Waals surface area contributed by atoms with Crippen molar-refractivity contribution in [1.82, 2.24) is 4.31 Å². The Balaban J connectivity index is 2.23. The summed E-state index contributed by atoms with van der Waals surface area (Å²) in [5, 5.41) is 0. The van der Waals surface area contributed by atoms with Crippen molar-refractivity contribution in [2.75, 3.05) is 0 Å². The SMILES string of the molecule is CC(C)=CC(=O)C1N(S(=O)(=O)c2ccc(C)cc2)C(c2ccccc2)=NC1(C)C. The van der Waals surface area contributed by atoms with E-state index in [1.807, 2.05) is 39.0 Å². The van der Waals surface area contributed by atoms with E-state index < -0.39 is 21.6 Å². The van der Waals surface area contributed by atoms with Gasteiger partial charge in [0, 0.05) is 5.56 Å². The van der Waals surface area contributed by atoms with Crippen molar-refractivity contribution in [2.45, 2.75) is 51.1 Å². The highest BCUT2D eigenvalue weighted by atomic mass is 32.2. The van der Waals surface area contributed by atoms with Gasteiger partial charge in [-0.05, 0) is 52.8 Å². The van der Waals surface area contributed by atoms with Crippen molar-refractivity contribution in [3.8, 4) is 0 Å². The number of hydrogen-bond acceptors (Lipinski definition) is 4. The fourth-order valence-electron chi connectivity index (χ4n) is 3.48. The molecule has 0 N–H and O–H groups in total. The summed E-state index contributed by atoms with van der Waals surface area (Å²) in [6.07, 6.45) is 1.49. The minimum atomic E-state index is -4.00. The van der Waals surface area contributed by atoms with E-state index in [0.717, 1.165) is 11.1 Å². The molecule has 2 aromatic carbocycles. The Morgan fingerprint density at radius 3 is 2.17 bits per heavy atom. The van der Waals surface area contributed by atoms with Crippen LogP contribution >= 0.6 is 0 Å². The molecule has 0 fully saturated rings. The molecule has 3 rings (SSSR count). The smallest absolute Gasteiger partial charge is 0.266 e. The third-order valence-corrected chi connectivity index (χ3v) is 6.59. The molecular weight excluding hydrogens is 384 g/mol. The summed E-state index contributed by atoms with van der Waals surface area (Å²) in [5.74, 6) is 0.0112. The lowest BCUT2D eigenvalue weighted by atomic mass is 9.92. The van der Waals surface area contributed by atoms with Gasteiger partial charge < -0.3 is 0 Å². The normalized spacial score (nSPS) is 18.3. The van der Waals surface area contributed by atoms with Gasteiger partial charge in [-0.15, -0.1) is 0 Å². The zero-order valence-electron chi connectivity index (χ0n) is 17.4. The molecule has 0 saturated heterocycles. The second-order valence-corrected chi connectivity index (χ2v) is 9.91. The first-order valence-electron chi connectivity index (χ1n) is 9.49. The number of benzene rings is 2. The molecular formula is C23H26N2O3S. The standard InChI is InChI=1S/C23H26N2O3S/c1-16(2)15-20(26)21-23(4,5)24-22(18-9-7-6-8-10-18)25(21)29(27,28)19-13-11-17(3)12-14-19/h6-15,21H,1-5H3. The lowest BCUT2D eigenvalue weighted by Crippen LogP contribution is -2.51.